The maximum atomic E-state index is 13.0. The number of hydrogen-bond acceptors (Lipinski definition) is 4. The zero-order chi connectivity index (χ0) is 19.8. The van der Waals surface area contributed by atoms with Gasteiger partial charge in [0.05, 0.1) is 0 Å². The summed E-state index contributed by atoms with van der Waals surface area (Å²) in [5, 5.41) is 7.03. The van der Waals surface area contributed by atoms with Gasteiger partial charge in [-0.2, -0.15) is 0 Å². The summed E-state index contributed by atoms with van der Waals surface area (Å²) >= 11 is 0. The van der Waals surface area contributed by atoms with E-state index in [2.05, 4.69) is 29.5 Å². The first kappa shape index (κ1) is 18.7. The monoisotopic (exact) mass is 381 g/mol. The SMILES string of the molecule is Cc1cc(C)c(-c2cc(C(=O)N(CCC(=O)NC3CC3)C3CC3)no2)c(C)c1. The van der Waals surface area contributed by atoms with Crippen molar-refractivity contribution in [1.82, 2.24) is 15.4 Å². The second-order valence-electron chi connectivity index (χ2n) is 8.17. The predicted molar refractivity (Wildman–Crippen MR) is 106 cm³/mol. The van der Waals surface area contributed by atoms with Crippen LogP contribution in [0.5, 0.6) is 0 Å². The molecule has 2 fully saturated rings. The van der Waals surface area contributed by atoms with E-state index < -0.39 is 0 Å². The Labute approximate surface area is 165 Å². The first-order valence-corrected chi connectivity index (χ1v) is 10.1. The molecular weight excluding hydrogens is 354 g/mol. The van der Waals surface area contributed by atoms with E-state index >= 15 is 0 Å². The number of nitrogens with zero attached hydrogens (tertiary/aromatic N) is 2. The summed E-state index contributed by atoms with van der Waals surface area (Å²) in [4.78, 5) is 26.8. The molecule has 1 aromatic heterocycles. The van der Waals surface area contributed by atoms with Crippen LogP contribution in [0.4, 0.5) is 0 Å². The summed E-state index contributed by atoms with van der Waals surface area (Å²) in [6, 6.07) is 6.48. The topological polar surface area (TPSA) is 75.4 Å². The number of benzene rings is 1. The van der Waals surface area contributed by atoms with Gasteiger partial charge in [-0.1, -0.05) is 22.9 Å². The van der Waals surface area contributed by atoms with Crippen LogP contribution in [0.15, 0.2) is 22.7 Å². The number of nitrogens with one attached hydrogen (secondary N) is 1. The third-order valence-electron chi connectivity index (χ3n) is 5.42. The Bertz CT molecular complexity index is 886. The third-order valence-corrected chi connectivity index (χ3v) is 5.42. The van der Waals surface area contributed by atoms with E-state index in [0.29, 0.717) is 30.5 Å². The van der Waals surface area contributed by atoms with E-state index in [9.17, 15) is 9.59 Å². The lowest BCUT2D eigenvalue weighted by Crippen LogP contribution is -2.37. The van der Waals surface area contributed by atoms with Crippen molar-refractivity contribution >= 4 is 11.8 Å². The molecule has 1 aromatic carbocycles. The minimum absolute atomic E-state index is 0.0210. The Hall–Kier alpha value is -2.63. The maximum absolute atomic E-state index is 13.0. The molecule has 0 bridgehead atoms. The molecular formula is C22H27N3O3. The molecule has 148 valence electrons. The van der Waals surface area contributed by atoms with Crippen molar-refractivity contribution in [3.63, 3.8) is 0 Å². The zero-order valence-corrected chi connectivity index (χ0v) is 16.7. The molecule has 0 unspecified atom stereocenters. The average Bonchev–Trinajstić information content (AvgIpc) is 3.55. The molecule has 0 spiro atoms. The normalized spacial score (nSPS) is 16.1. The van der Waals surface area contributed by atoms with E-state index in [1.807, 2.05) is 13.8 Å². The van der Waals surface area contributed by atoms with Gasteiger partial charge in [0.15, 0.2) is 11.5 Å². The number of aryl methyl sites for hydroxylation is 3. The highest BCUT2D eigenvalue weighted by atomic mass is 16.5. The Kier molecular flexibility index (Phi) is 4.96. The van der Waals surface area contributed by atoms with E-state index in [4.69, 9.17) is 4.52 Å². The predicted octanol–water partition coefficient (Wildman–Crippen LogP) is 3.54. The van der Waals surface area contributed by atoms with E-state index in [1.54, 1.807) is 11.0 Å². The first-order chi connectivity index (χ1) is 13.4. The lowest BCUT2D eigenvalue weighted by molar-refractivity contribution is -0.121. The number of amides is 2. The fraction of sp³-hybridized carbons (Fsp3) is 0.500. The quantitative estimate of drug-likeness (QED) is 0.796. The van der Waals surface area contributed by atoms with Crippen LogP contribution in [0.1, 0.15) is 59.3 Å². The van der Waals surface area contributed by atoms with Crippen LogP contribution in [0.2, 0.25) is 0 Å². The molecule has 2 aliphatic carbocycles. The van der Waals surface area contributed by atoms with E-state index in [0.717, 1.165) is 42.4 Å². The second-order valence-corrected chi connectivity index (χ2v) is 8.17. The second kappa shape index (κ2) is 7.41. The Morgan fingerprint density at radius 3 is 2.39 bits per heavy atom. The number of carbonyl (C=O) groups is 2. The molecule has 28 heavy (non-hydrogen) atoms. The smallest absolute Gasteiger partial charge is 0.276 e. The third kappa shape index (κ3) is 4.11. The molecule has 2 amide bonds. The summed E-state index contributed by atoms with van der Waals surface area (Å²) in [5.41, 5.74) is 4.69. The number of rotatable bonds is 7. The van der Waals surface area contributed by atoms with Crippen molar-refractivity contribution in [3.05, 3.63) is 40.6 Å². The molecule has 0 atom stereocenters. The molecule has 0 saturated heterocycles. The molecule has 6 heteroatoms. The highest BCUT2D eigenvalue weighted by Crippen LogP contribution is 2.31. The molecule has 1 heterocycles. The van der Waals surface area contributed by atoms with Gasteiger partial charge < -0.3 is 14.7 Å². The zero-order valence-electron chi connectivity index (χ0n) is 16.7. The molecule has 0 radical (unpaired) electrons. The van der Waals surface area contributed by atoms with E-state index in [1.165, 1.54) is 5.56 Å². The highest BCUT2D eigenvalue weighted by Gasteiger charge is 2.35. The first-order valence-electron chi connectivity index (χ1n) is 10.1. The van der Waals surface area contributed by atoms with Crippen LogP contribution in [0, 0.1) is 20.8 Å². The lowest BCUT2D eigenvalue weighted by Gasteiger charge is -2.20. The molecule has 0 aliphatic heterocycles. The van der Waals surface area contributed by atoms with Crippen molar-refractivity contribution in [2.45, 2.75) is 65.0 Å². The van der Waals surface area contributed by atoms with Crippen molar-refractivity contribution in [2.24, 2.45) is 0 Å². The van der Waals surface area contributed by atoms with Gasteiger partial charge in [-0.25, -0.2) is 0 Å². The average molecular weight is 381 g/mol. The standard InChI is InChI=1S/C22H27N3O3/c1-13-10-14(2)21(15(3)11-13)19-12-18(24-28-19)22(27)25(17-6-7-17)9-8-20(26)23-16-4-5-16/h10-12,16-17H,4-9H2,1-3H3,(H,23,26). The van der Waals surface area contributed by atoms with Gasteiger partial charge in [0.2, 0.25) is 5.91 Å². The van der Waals surface area contributed by atoms with Gasteiger partial charge in [-0.3, -0.25) is 9.59 Å². The summed E-state index contributed by atoms with van der Waals surface area (Å²) in [7, 11) is 0. The summed E-state index contributed by atoms with van der Waals surface area (Å²) in [5.74, 6) is 0.479. The van der Waals surface area contributed by atoms with Gasteiger partial charge in [0, 0.05) is 36.7 Å². The fourth-order valence-corrected chi connectivity index (χ4v) is 3.80. The van der Waals surface area contributed by atoms with Crippen LogP contribution in [0.3, 0.4) is 0 Å². The van der Waals surface area contributed by atoms with Crippen LogP contribution >= 0.6 is 0 Å². The van der Waals surface area contributed by atoms with Gasteiger partial charge in [0.25, 0.3) is 5.91 Å². The number of aromatic nitrogens is 1. The number of hydrogen-bond donors (Lipinski definition) is 1. The van der Waals surface area contributed by atoms with Crippen molar-refractivity contribution in [3.8, 4) is 11.3 Å². The minimum atomic E-state index is -0.154. The Morgan fingerprint density at radius 1 is 1.11 bits per heavy atom. The van der Waals surface area contributed by atoms with Crippen molar-refractivity contribution in [2.75, 3.05) is 6.54 Å². The molecule has 6 nitrogen and oxygen atoms in total. The molecule has 4 rings (SSSR count). The van der Waals surface area contributed by atoms with Gasteiger partial charge in [0.1, 0.15) is 0 Å². The van der Waals surface area contributed by atoms with Crippen LogP contribution in [0.25, 0.3) is 11.3 Å². The Morgan fingerprint density at radius 2 is 1.79 bits per heavy atom. The molecule has 2 aromatic rings. The van der Waals surface area contributed by atoms with Crippen molar-refractivity contribution in [1.29, 1.82) is 0 Å². The van der Waals surface area contributed by atoms with E-state index in [-0.39, 0.29) is 17.9 Å². The summed E-state index contributed by atoms with van der Waals surface area (Å²) in [6.07, 6.45) is 4.43. The fourth-order valence-electron chi connectivity index (χ4n) is 3.80. The van der Waals surface area contributed by atoms with Crippen LogP contribution in [-0.2, 0) is 4.79 Å². The van der Waals surface area contributed by atoms with Crippen LogP contribution < -0.4 is 5.32 Å². The lowest BCUT2D eigenvalue weighted by atomic mass is 9.98. The van der Waals surface area contributed by atoms with Gasteiger partial charge in [-0.05, 0) is 57.6 Å². The molecule has 2 aliphatic rings. The van der Waals surface area contributed by atoms with Crippen LogP contribution in [-0.4, -0.2) is 40.5 Å². The minimum Gasteiger partial charge on any atom is -0.355 e. The van der Waals surface area contributed by atoms with Gasteiger partial charge >= 0.3 is 0 Å². The molecule has 1 N–H and O–H groups in total. The summed E-state index contributed by atoms with van der Waals surface area (Å²) in [6.45, 7) is 6.56. The highest BCUT2D eigenvalue weighted by molar-refractivity contribution is 5.94. The van der Waals surface area contributed by atoms with Crippen molar-refractivity contribution < 1.29 is 14.1 Å². The Balaban J connectivity index is 1.48. The van der Waals surface area contributed by atoms with Gasteiger partial charge in [-0.15, -0.1) is 0 Å². The number of carbonyl (C=O) groups excluding carboxylic acids is 2. The maximum Gasteiger partial charge on any atom is 0.276 e. The summed E-state index contributed by atoms with van der Waals surface area (Å²) < 4.78 is 5.53. The largest absolute Gasteiger partial charge is 0.355 e. The molecule has 2 saturated carbocycles.